The highest BCUT2D eigenvalue weighted by molar-refractivity contribution is 6.30. The summed E-state index contributed by atoms with van der Waals surface area (Å²) in [6.45, 7) is 0. The van der Waals surface area contributed by atoms with Crippen molar-refractivity contribution in [2.24, 2.45) is 5.10 Å². The summed E-state index contributed by atoms with van der Waals surface area (Å²) in [6.07, 6.45) is 1.55. The number of hydrogen-bond acceptors (Lipinski definition) is 5. The summed E-state index contributed by atoms with van der Waals surface area (Å²) in [4.78, 5) is 12.6. The quantitative estimate of drug-likeness (QED) is 0.445. The highest BCUT2D eigenvalue weighted by Crippen LogP contribution is 2.25. The maximum Gasteiger partial charge on any atom is 0.309 e. The minimum atomic E-state index is -0.369. The van der Waals surface area contributed by atoms with Gasteiger partial charge in [0.2, 0.25) is 0 Å². The van der Waals surface area contributed by atoms with Crippen molar-refractivity contribution in [3.63, 3.8) is 0 Å². The van der Waals surface area contributed by atoms with Crippen LogP contribution < -0.4 is 9.47 Å². The molecule has 1 amide bonds. The SMILES string of the molecule is COc1cc(C=NN(C)C(=O)c2ccc(-c3ccc(Cl)cc3)o2)cc(OC)c1. The normalized spacial score (nSPS) is 10.9. The van der Waals surface area contributed by atoms with E-state index in [9.17, 15) is 4.79 Å². The van der Waals surface area contributed by atoms with Crippen LogP contribution in [0.1, 0.15) is 16.1 Å². The maximum absolute atomic E-state index is 12.6. The average Bonchev–Trinajstić information content (AvgIpc) is 3.21. The Labute approximate surface area is 167 Å². The van der Waals surface area contributed by atoms with Gasteiger partial charge < -0.3 is 13.9 Å². The molecule has 6 nitrogen and oxygen atoms in total. The largest absolute Gasteiger partial charge is 0.497 e. The Balaban J connectivity index is 1.74. The van der Waals surface area contributed by atoms with Crippen LogP contribution in [0.25, 0.3) is 11.3 Å². The number of ether oxygens (including phenoxy) is 2. The first kappa shape index (κ1) is 19.5. The van der Waals surface area contributed by atoms with Crippen molar-refractivity contribution in [2.45, 2.75) is 0 Å². The van der Waals surface area contributed by atoms with Crippen molar-refractivity contribution in [3.8, 4) is 22.8 Å². The zero-order valence-corrected chi connectivity index (χ0v) is 16.4. The summed E-state index contributed by atoms with van der Waals surface area (Å²) in [5, 5.41) is 6.02. The number of furan rings is 1. The number of hydrazone groups is 1. The van der Waals surface area contributed by atoms with Gasteiger partial charge in [0.05, 0.1) is 20.4 Å². The lowest BCUT2D eigenvalue weighted by Gasteiger charge is -2.09. The van der Waals surface area contributed by atoms with E-state index in [1.807, 2.05) is 12.1 Å². The predicted octanol–water partition coefficient (Wildman–Crippen LogP) is 4.72. The fourth-order valence-electron chi connectivity index (χ4n) is 2.49. The van der Waals surface area contributed by atoms with E-state index in [2.05, 4.69) is 5.10 Å². The highest BCUT2D eigenvalue weighted by atomic mass is 35.5. The summed E-state index contributed by atoms with van der Waals surface area (Å²) < 4.78 is 16.1. The lowest BCUT2D eigenvalue weighted by atomic mass is 10.2. The second-order valence-electron chi connectivity index (χ2n) is 5.89. The minimum Gasteiger partial charge on any atom is -0.497 e. The zero-order valence-electron chi connectivity index (χ0n) is 15.7. The third-order valence-corrected chi connectivity index (χ3v) is 4.25. The fraction of sp³-hybridized carbons (Fsp3) is 0.143. The van der Waals surface area contributed by atoms with Crippen molar-refractivity contribution in [2.75, 3.05) is 21.3 Å². The van der Waals surface area contributed by atoms with E-state index in [1.54, 1.807) is 69.9 Å². The van der Waals surface area contributed by atoms with E-state index in [0.717, 1.165) is 11.1 Å². The summed E-state index contributed by atoms with van der Waals surface area (Å²) >= 11 is 5.90. The Kier molecular flexibility index (Phi) is 6.01. The van der Waals surface area contributed by atoms with E-state index in [4.69, 9.17) is 25.5 Å². The summed E-state index contributed by atoms with van der Waals surface area (Å²) in [7, 11) is 4.70. The number of carbonyl (C=O) groups excluding carboxylic acids is 1. The van der Waals surface area contributed by atoms with Gasteiger partial charge in [-0.05, 0) is 48.5 Å². The number of halogens is 1. The standard InChI is InChI=1S/C21H19ClN2O4/c1-24(23-13-14-10-17(26-2)12-18(11-14)27-3)21(25)20-9-8-19(28-20)15-4-6-16(22)7-5-15/h4-13H,1-3H3. The molecule has 28 heavy (non-hydrogen) atoms. The summed E-state index contributed by atoms with van der Waals surface area (Å²) in [5.41, 5.74) is 1.57. The van der Waals surface area contributed by atoms with Gasteiger partial charge in [-0.25, -0.2) is 5.01 Å². The third-order valence-electron chi connectivity index (χ3n) is 3.99. The molecular formula is C21H19ClN2O4. The second kappa shape index (κ2) is 8.63. The van der Waals surface area contributed by atoms with Gasteiger partial charge in [0.1, 0.15) is 17.3 Å². The topological polar surface area (TPSA) is 64.3 Å². The third kappa shape index (κ3) is 4.53. The molecular weight excluding hydrogens is 380 g/mol. The Morgan fingerprint density at radius 2 is 1.68 bits per heavy atom. The Morgan fingerprint density at radius 1 is 1.04 bits per heavy atom. The van der Waals surface area contributed by atoms with Crippen LogP contribution in [0.2, 0.25) is 5.02 Å². The number of hydrogen-bond donors (Lipinski definition) is 0. The molecule has 0 aliphatic carbocycles. The molecule has 0 atom stereocenters. The van der Waals surface area contributed by atoms with E-state index < -0.39 is 0 Å². The van der Waals surface area contributed by atoms with Gasteiger partial charge in [0, 0.05) is 29.3 Å². The molecule has 0 spiro atoms. The maximum atomic E-state index is 12.6. The van der Waals surface area contributed by atoms with Crippen molar-refractivity contribution in [3.05, 3.63) is 70.9 Å². The molecule has 0 saturated carbocycles. The van der Waals surface area contributed by atoms with Crippen molar-refractivity contribution < 1.29 is 18.7 Å². The Hall–Kier alpha value is -3.25. The van der Waals surface area contributed by atoms with Crippen molar-refractivity contribution in [1.82, 2.24) is 5.01 Å². The van der Waals surface area contributed by atoms with Crippen LogP contribution in [0.3, 0.4) is 0 Å². The molecule has 7 heteroatoms. The summed E-state index contributed by atoms with van der Waals surface area (Å²) in [5.74, 6) is 1.66. The van der Waals surface area contributed by atoms with Crippen LogP contribution in [0.15, 0.2) is 64.1 Å². The molecule has 0 unspecified atom stereocenters. The molecule has 2 aromatic carbocycles. The molecule has 144 valence electrons. The van der Waals surface area contributed by atoms with Crippen molar-refractivity contribution >= 4 is 23.7 Å². The van der Waals surface area contributed by atoms with Crippen LogP contribution in [0.5, 0.6) is 11.5 Å². The highest BCUT2D eigenvalue weighted by Gasteiger charge is 2.16. The number of benzene rings is 2. The van der Waals surface area contributed by atoms with Gasteiger partial charge in [-0.3, -0.25) is 4.79 Å². The molecule has 3 aromatic rings. The molecule has 0 aliphatic rings. The van der Waals surface area contributed by atoms with Gasteiger partial charge in [-0.15, -0.1) is 0 Å². The molecule has 0 aliphatic heterocycles. The Bertz CT molecular complexity index is 974. The number of rotatable bonds is 6. The fourth-order valence-corrected chi connectivity index (χ4v) is 2.62. The van der Waals surface area contributed by atoms with E-state index in [-0.39, 0.29) is 11.7 Å². The first-order valence-corrected chi connectivity index (χ1v) is 8.79. The monoisotopic (exact) mass is 398 g/mol. The second-order valence-corrected chi connectivity index (χ2v) is 6.33. The molecule has 0 bridgehead atoms. The number of methoxy groups -OCH3 is 2. The van der Waals surface area contributed by atoms with Gasteiger partial charge in [0.15, 0.2) is 5.76 Å². The van der Waals surface area contributed by atoms with E-state index >= 15 is 0 Å². The first-order chi connectivity index (χ1) is 13.5. The van der Waals surface area contributed by atoms with Gasteiger partial charge in [-0.2, -0.15) is 5.10 Å². The van der Waals surface area contributed by atoms with Crippen LogP contribution in [-0.4, -0.2) is 38.4 Å². The van der Waals surface area contributed by atoms with E-state index in [1.165, 1.54) is 5.01 Å². The molecule has 1 heterocycles. The lowest BCUT2D eigenvalue weighted by Crippen LogP contribution is -2.20. The summed E-state index contributed by atoms with van der Waals surface area (Å²) in [6, 6.07) is 15.9. The zero-order chi connectivity index (χ0) is 20.1. The molecule has 0 radical (unpaired) electrons. The predicted molar refractivity (Wildman–Crippen MR) is 108 cm³/mol. The molecule has 0 saturated heterocycles. The van der Waals surface area contributed by atoms with Crippen LogP contribution in [-0.2, 0) is 0 Å². The number of nitrogens with zero attached hydrogens (tertiary/aromatic N) is 2. The number of carbonyl (C=O) groups is 1. The molecule has 3 rings (SSSR count). The number of amides is 1. The average molecular weight is 399 g/mol. The molecule has 1 aromatic heterocycles. The van der Waals surface area contributed by atoms with Crippen LogP contribution in [0, 0.1) is 0 Å². The lowest BCUT2D eigenvalue weighted by molar-refractivity contribution is 0.0770. The van der Waals surface area contributed by atoms with E-state index in [0.29, 0.717) is 22.3 Å². The minimum absolute atomic E-state index is 0.188. The van der Waals surface area contributed by atoms with Gasteiger partial charge >= 0.3 is 5.91 Å². The first-order valence-electron chi connectivity index (χ1n) is 8.41. The Morgan fingerprint density at radius 3 is 2.29 bits per heavy atom. The van der Waals surface area contributed by atoms with Crippen LogP contribution in [0.4, 0.5) is 0 Å². The molecule has 0 N–H and O–H groups in total. The van der Waals surface area contributed by atoms with Crippen molar-refractivity contribution in [1.29, 1.82) is 0 Å². The molecule has 0 fully saturated rings. The smallest absolute Gasteiger partial charge is 0.309 e. The van der Waals surface area contributed by atoms with Gasteiger partial charge in [-0.1, -0.05) is 11.6 Å². The van der Waals surface area contributed by atoms with Gasteiger partial charge in [0.25, 0.3) is 0 Å². The van der Waals surface area contributed by atoms with Crippen LogP contribution >= 0.6 is 11.6 Å².